The molecule has 0 bridgehead atoms. The van der Waals surface area contributed by atoms with Crippen LogP contribution in [0.25, 0.3) is 0 Å². The molecule has 6 nitrogen and oxygen atoms in total. The Kier molecular flexibility index (Phi) is 8.08. The number of hydrogen-bond donors (Lipinski definition) is 0. The van der Waals surface area contributed by atoms with E-state index < -0.39 is 23.8 Å². The predicted octanol–water partition coefficient (Wildman–Crippen LogP) is 4.85. The maximum absolute atomic E-state index is 12.4. The van der Waals surface area contributed by atoms with Crippen molar-refractivity contribution in [1.82, 2.24) is 0 Å². The highest BCUT2D eigenvalue weighted by atomic mass is 16.6. The molecule has 6 heteroatoms. The Bertz CT molecular complexity index is 984. The number of benzene rings is 2. The summed E-state index contributed by atoms with van der Waals surface area (Å²) in [5, 5.41) is 12.4. The summed E-state index contributed by atoms with van der Waals surface area (Å²) in [6.07, 6.45) is 6.84. The van der Waals surface area contributed by atoms with Crippen molar-refractivity contribution in [3.8, 4) is 0 Å². The second-order valence-corrected chi connectivity index (χ2v) is 7.78. The van der Waals surface area contributed by atoms with Crippen LogP contribution in [-0.4, -0.2) is 29.8 Å². The third kappa shape index (κ3) is 5.38. The summed E-state index contributed by atoms with van der Waals surface area (Å²) in [5.74, 6) is -1.66. The third-order valence-electron chi connectivity index (χ3n) is 5.87. The minimum atomic E-state index is -0.982. The van der Waals surface area contributed by atoms with E-state index in [9.17, 15) is 19.7 Å². The maximum atomic E-state index is 12.4. The monoisotopic (exact) mass is 433 g/mol. The Morgan fingerprint density at radius 2 is 1.69 bits per heavy atom. The van der Waals surface area contributed by atoms with E-state index in [2.05, 4.69) is 0 Å². The van der Waals surface area contributed by atoms with Gasteiger partial charge in [-0.05, 0) is 36.8 Å². The van der Waals surface area contributed by atoms with E-state index in [1.54, 1.807) is 13.0 Å². The van der Waals surface area contributed by atoms with Crippen LogP contribution in [0.5, 0.6) is 0 Å². The molecule has 0 amide bonds. The first-order valence-corrected chi connectivity index (χ1v) is 10.8. The zero-order chi connectivity index (χ0) is 22.9. The smallest absolute Gasteiger partial charge is 0.330 e. The zero-order valence-corrected chi connectivity index (χ0v) is 18.0. The highest BCUT2D eigenvalue weighted by Gasteiger charge is 2.48. The van der Waals surface area contributed by atoms with Gasteiger partial charge in [0.15, 0.2) is 0 Å². The lowest BCUT2D eigenvalue weighted by Crippen LogP contribution is -2.41. The van der Waals surface area contributed by atoms with Crippen LogP contribution in [0.2, 0.25) is 0 Å². The van der Waals surface area contributed by atoms with Crippen LogP contribution < -0.4 is 0 Å². The third-order valence-corrected chi connectivity index (χ3v) is 5.87. The first-order chi connectivity index (χ1) is 15.6. The maximum Gasteiger partial charge on any atom is 0.330 e. The van der Waals surface area contributed by atoms with Crippen molar-refractivity contribution in [3.05, 3.63) is 106 Å². The number of nitrogens with zero attached hydrogens (tertiary/aromatic N) is 1. The van der Waals surface area contributed by atoms with Crippen molar-refractivity contribution in [1.29, 1.82) is 0 Å². The molecule has 0 N–H and O–H groups in total. The van der Waals surface area contributed by atoms with E-state index in [1.807, 2.05) is 66.7 Å². The molecule has 0 saturated carbocycles. The zero-order valence-electron chi connectivity index (χ0n) is 18.0. The van der Waals surface area contributed by atoms with Crippen molar-refractivity contribution in [2.45, 2.75) is 37.6 Å². The fraction of sp³-hybridized carbons (Fsp3) is 0.308. The summed E-state index contributed by atoms with van der Waals surface area (Å²) < 4.78 is 4.90. The van der Waals surface area contributed by atoms with Gasteiger partial charge < -0.3 is 4.74 Å². The molecule has 0 unspecified atom stereocenters. The minimum Gasteiger partial charge on any atom is -0.463 e. The Morgan fingerprint density at radius 3 is 2.25 bits per heavy atom. The van der Waals surface area contributed by atoms with E-state index in [0.29, 0.717) is 25.0 Å². The van der Waals surface area contributed by atoms with Gasteiger partial charge in [0.2, 0.25) is 6.04 Å². The van der Waals surface area contributed by atoms with Gasteiger partial charge in [0.1, 0.15) is 6.29 Å². The molecule has 2 aromatic rings. The largest absolute Gasteiger partial charge is 0.463 e. The van der Waals surface area contributed by atoms with Gasteiger partial charge in [-0.15, -0.1) is 0 Å². The first kappa shape index (κ1) is 23.1. The highest BCUT2D eigenvalue weighted by Crippen LogP contribution is 2.46. The number of carbonyl (C=O) groups is 2. The van der Waals surface area contributed by atoms with Crippen LogP contribution in [0.4, 0.5) is 0 Å². The molecule has 0 radical (unpaired) electrons. The lowest BCUT2D eigenvalue weighted by Gasteiger charge is -2.37. The second-order valence-electron chi connectivity index (χ2n) is 7.78. The lowest BCUT2D eigenvalue weighted by atomic mass is 9.66. The second kappa shape index (κ2) is 11.2. The van der Waals surface area contributed by atoms with E-state index >= 15 is 0 Å². The normalized spacial score (nSPS) is 22.8. The van der Waals surface area contributed by atoms with Crippen LogP contribution in [-0.2, 0) is 14.3 Å². The SMILES string of the molecule is CCOC(=O)/C=C/CC[C@H]1C=C(C=O)[C@@H](c2ccccc2)[C@H]([N+](=O)[O-])[C@@H]1c1ccccc1. The Balaban J connectivity index is 2.01. The van der Waals surface area contributed by atoms with Gasteiger partial charge in [0, 0.05) is 16.6 Å². The number of carbonyl (C=O) groups excluding carboxylic acids is 2. The van der Waals surface area contributed by atoms with Crippen molar-refractivity contribution in [3.63, 3.8) is 0 Å². The van der Waals surface area contributed by atoms with Gasteiger partial charge in [-0.1, -0.05) is 72.8 Å². The molecule has 0 spiro atoms. The van der Waals surface area contributed by atoms with E-state index in [-0.39, 0.29) is 10.8 Å². The highest BCUT2D eigenvalue weighted by molar-refractivity contribution is 5.81. The van der Waals surface area contributed by atoms with Crippen molar-refractivity contribution in [2.75, 3.05) is 6.61 Å². The number of hydrogen-bond acceptors (Lipinski definition) is 5. The average Bonchev–Trinajstić information content (AvgIpc) is 2.82. The molecule has 0 heterocycles. The quantitative estimate of drug-likeness (QED) is 0.185. The number of aldehydes is 1. The van der Waals surface area contributed by atoms with Gasteiger partial charge in [-0.2, -0.15) is 0 Å². The van der Waals surface area contributed by atoms with E-state index in [4.69, 9.17) is 4.74 Å². The van der Waals surface area contributed by atoms with Gasteiger partial charge >= 0.3 is 5.97 Å². The predicted molar refractivity (Wildman–Crippen MR) is 122 cm³/mol. The molecule has 3 rings (SSSR count). The van der Waals surface area contributed by atoms with Crippen molar-refractivity contribution < 1.29 is 19.2 Å². The average molecular weight is 434 g/mol. The van der Waals surface area contributed by atoms with E-state index in [0.717, 1.165) is 17.4 Å². The number of esters is 1. The fourth-order valence-electron chi connectivity index (χ4n) is 4.57. The number of rotatable bonds is 9. The van der Waals surface area contributed by atoms with E-state index in [1.165, 1.54) is 6.08 Å². The topological polar surface area (TPSA) is 86.5 Å². The number of allylic oxidation sites excluding steroid dienone is 2. The molecule has 1 aliphatic rings. The van der Waals surface area contributed by atoms with Crippen LogP contribution in [0.3, 0.4) is 0 Å². The molecule has 166 valence electrons. The summed E-state index contributed by atoms with van der Waals surface area (Å²) in [6.45, 7) is 2.05. The van der Waals surface area contributed by atoms with Gasteiger partial charge in [-0.3, -0.25) is 14.9 Å². The molecule has 4 atom stereocenters. The Hall–Kier alpha value is -3.54. The van der Waals surface area contributed by atoms with Gasteiger partial charge in [0.25, 0.3) is 0 Å². The van der Waals surface area contributed by atoms with Crippen LogP contribution in [0.1, 0.15) is 42.7 Å². The summed E-state index contributed by atoms with van der Waals surface area (Å²) in [7, 11) is 0. The molecule has 32 heavy (non-hydrogen) atoms. The molecule has 0 saturated heterocycles. The Labute approximate surface area is 187 Å². The van der Waals surface area contributed by atoms with Gasteiger partial charge in [0.05, 0.1) is 18.4 Å². The summed E-state index contributed by atoms with van der Waals surface area (Å²) in [5.41, 5.74) is 2.06. The summed E-state index contributed by atoms with van der Waals surface area (Å²) >= 11 is 0. The van der Waals surface area contributed by atoms with Crippen molar-refractivity contribution >= 4 is 12.3 Å². The van der Waals surface area contributed by atoms with Crippen LogP contribution in [0.15, 0.2) is 84.5 Å². The molecule has 0 fully saturated rings. The van der Waals surface area contributed by atoms with Crippen LogP contribution in [0, 0.1) is 16.0 Å². The molecule has 2 aromatic carbocycles. The lowest BCUT2D eigenvalue weighted by molar-refractivity contribution is -0.531. The summed E-state index contributed by atoms with van der Waals surface area (Å²) in [4.78, 5) is 35.8. The van der Waals surface area contributed by atoms with Gasteiger partial charge in [-0.25, -0.2) is 4.79 Å². The number of nitro groups is 1. The van der Waals surface area contributed by atoms with Crippen molar-refractivity contribution in [2.24, 2.45) is 5.92 Å². The molecule has 0 aromatic heterocycles. The number of ether oxygens (including phenoxy) is 1. The minimum absolute atomic E-state index is 0.222. The molecule has 0 aliphatic heterocycles. The molecular weight excluding hydrogens is 406 g/mol. The molecule has 1 aliphatic carbocycles. The Morgan fingerprint density at radius 1 is 1.06 bits per heavy atom. The molecular formula is C26H27NO5. The summed E-state index contributed by atoms with van der Waals surface area (Å²) in [6, 6.07) is 17.7. The standard InChI is InChI=1S/C26H27NO5/c1-2-32-23(29)16-10-9-15-21-17-22(18-28)25(20-13-7-4-8-14-20)26(27(30)31)24(21)19-11-5-3-6-12-19/h3-8,10-14,16-18,21,24-26H,2,9,15H2,1H3/b16-10+/t21-,24+,25+,26+/m0/s1. The fourth-order valence-corrected chi connectivity index (χ4v) is 4.57. The van der Waals surface area contributed by atoms with Crippen LogP contribution >= 0.6 is 0 Å². The first-order valence-electron chi connectivity index (χ1n) is 10.8.